The normalized spacial score (nSPS) is 12.5. The Bertz CT molecular complexity index is 428. The topological polar surface area (TPSA) is 93.8 Å². The van der Waals surface area contributed by atoms with E-state index in [2.05, 4.69) is 5.32 Å². The van der Waals surface area contributed by atoms with Crippen LogP contribution in [-0.2, 0) is 4.79 Å². The molecule has 0 aliphatic carbocycles. The van der Waals surface area contributed by atoms with Gasteiger partial charge in [0.1, 0.15) is 0 Å². The summed E-state index contributed by atoms with van der Waals surface area (Å²) in [6, 6.07) is 4.91. The van der Waals surface area contributed by atoms with Gasteiger partial charge in [0.2, 0.25) is 0 Å². The van der Waals surface area contributed by atoms with Crippen LogP contribution in [0.5, 0.6) is 0 Å². The third kappa shape index (κ3) is 1.43. The number of hydrogen-bond donors (Lipinski definition) is 1. The molecule has 0 atom stereocenters. The number of ketones is 1. The van der Waals surface area contributed by atoms with E-state index >= 15 is 0 Å². The Hall–Kier alpha value is -1.93. The molecule has 1 aliphatic rings. The number of halogens is 1. The number of carbonyl (C=O) groups excluding carboxylic acids is 2. The van der Waals surface area contributed by atoms with E-state index in [9.17, 15) is 9.59 Å². The Kier molecular flexibility index (Phi) is 2.79. The minimum Gasteiger partial charge on any atom is -0.318 e. The molecule has 70 valence electrons. The third-order valence-electron chi connectivity index (χ3n) is 1.70. The second-order valence-corrected chi connectivity index (χ2v) is 2.85. The first kappa shape index (κ1) is 10.2. The summed E-state index contributed by atoms with van der Waals surface area (Å²) < 4.78 is 0. The Labute approximate surface area is 84.1 Å². The van der Waals surface area contributed by atoms with Crippen LogP contribution in [0.2, 0.25) is 5.02 Å². The van der Waals surface area contributed by atoms with Crippen LogP contribution in [0.4, 0.5) is 5.69 Å². The van der Waals surface area contributed by atoms with Crippen molar-refractivity contribution in [3.8, 4) is 0 Å². The molecular formula is C8H4ClN3O2. The summed E-state index contributed by atoms with van der Waals surface area (Å²) in [5.74, 6) is -1.17. The van der Waals surface area contributed by atoms with Gasteiger partial charge in [0.25, 0.3) is 11.7 Å². The zero-order valence-electron chi connectivity index (χ0n) is 6.82. The smallest absolute Gasteiger partial charge is 0.296 e. The first-order valence-corrected chi connectivity index (χ1v) is 3.92. The molecule has 0 fully saturated rings. The van der Waals surface area contributed by atoms with Gasteiger partial charge in [-0.15, -0.1) is 0 Å². The second kappa shape index (κ2) is 3.85. The monoisotopic (exact) mass is 209 g/mol. The Balaban J connectivity index is 0.000000461. The lowest BCUT2D eigenvalue weighted by Gasteiger charge is -1.96. The molecule has 1 N–H and O–H groups in total. The van der Waals surface area contributed by atoms with Gasteiger partial charge >= 0.3 is 0 Å². The Morgan fingerprint density at radius 3 is 2.43 bits per heavy atom. The fourth-order valence-electron chi connectivity index (χ4n) is 1.15. The first-order valence-electron chi connectivity index (χ1n) is 3.54. The third-order valence-corrected chi connectivity index (χ3v) is 2.01. The van der Waals surface area contributed by atoms with Gasteiger partial charge in [-0.2, -0.15) is 0 Å². The molecule has 2 rings (SSSR count). The van der Waals surface area contributed by atoms with Crippen LogP contribution in [0, 0.1) is 10.8 Å². The van der Waals surface area contributed by atoms with Gasteiger partial charge < -0.3 is 5.32 Å². The van der Waals surface area contributed by atoms with Crippen molar-refractivity contribution in [2.45, 2.75) is 0 Å². The fraction of sp³-hybridized carbons (Fsp3) is 0. The minimum atomic E-state index is -0.613. The van der Waals surface area contributed by atoms with Crippen LogP contribution in [-0.4, -0.2) is 11.7 Å². The molecule has 6 heteroatoms. The fourth-order valence-corrected chi connectivity index (χ4v) is 1.41. The molecule has 1 heterocycles. The van der Waals surface area contributed by atoms with E-state index in [-0.39, 0.29) is 5.56 Å². The van der Waals surface area contributed by atoms with E-state index in [0.717, 1.165) is 0 Å². The molecule has 1 aliphatic heterocycles. The van der Waals surface area contributed by atoms with Crippen molar-refractivity contribution in [1.29, 1.82) is 10.8 Å². The average molecular weight is 210 g/mol. The molecule has 0 saturated carbocycles. The largest absolute Gasteiger partial charge is 0.318 e. The number of hydrogen-bond acceptors (Lipinski definition) is 4. The number of fused-ring (bicyclic) bond motifs is 1. The number of carbonyl (C=O) groups is 2. The van der Waals surface area contributed by atoms with E-state index in [1.807, 2.05) is 0 Å². The predicted molar refractivity (Wildman–Crippen MR) is 47.9 cm³/mol. The summed E-state index contributed by atoms with van der Waals surface area (Å²) in [4.78, 5) is 22.0. The SMILES string of the molecule is N#N.O=C1Nc2cccc(Cl)c2C1=O. The van der Waals surface area contributed by atoms with Gasteiger partial charge in [-0.1, -0.05) is 17.7 Å². The summed E-state index contributed by atoms with van der Waals surface area (Å²) in [5.41, 5.74) is 0.779. The highest BCUT2D eigenvalue weighted by atomic mass is 35.5. The van der Waals surface area contributed by atoms with E-state index in [1.54, 1.807) is 18.2 Å². The Morgan fingerprint density at radius 2 is 1.86 bits per heavy atom. The molecule has 0 radical (unpaired) electrons. The van der Waals surface area contributed by atoms with Crippen LogP contribution in [0.3, 0.4) is 0 Å². The predicted octanol–water partition coefficient (Wildman–Crippen LogP) is 1.50. The highest BCUT2D eigenvalue weighted by molar-refractivity contribution is 6.54. The minimum absolute atomic E-state index is 0.282. The lowest BCUT2D eigenvalue weighted by molar-refractivity contribution is -0.112. The molecule has 0 spiro atoms. The molecular weight excluding hydrogens is 206 g/mol. The molecule has 14 heavy (non-hydrogen) atoms. The molecule has 0 unspecified atom stereocenters. The van der Waals surface area contributed by atoms with Crippen LogP contribution in [0.25, 0.3) is 0 Å². The molecule has 0 aromatic heterocycles. The van der Waals surface area contributed by atoms with Gasteiger partial charge in [0, 0.05) is 10.8 Å². The van der Waals surface area contributed by atoms with Gasteiger partial charge in [-0.25, -0.2) is 0 Å². The molecule has 0 bridgehead atoms. The van der Waals surface area contributed by atoms with Crippen LogP contribution >= 0.6 is 11.6 Å². The van der Waals surface area contributed by atoms with Crippen molar-refractivity contribution in [1.82, 2.24) is 0 Å². The number of amides is 1. The van der Waals surface area contributed by atoms with Gasteiger partial charge in [-0.3, -0.25) is 9.59 Å². The highest BCUT2D eigenvalue weighted by Gasteiger charge is 2.29. The summed E-state index contributed by atoms with van der Waals surface area (Å²) >= 11 is 5.72. The molecule has 0 saturated heterocycles. The van der Waals surface area contributed by atoms with Crippen molar-refractivity contribution in [2.24, 2.45) is 0 Å². The maximum atomic E-state index is 11.1. The molecule has 1 amide bonds. The number of Topliss-reactive ketones (excluding diaryl/α,β-unsaturated/α-hetero) is 1. The Morgan fingerprint density at radius 1 is 1.21 bits per heavy atom. The number of nitrogens with one attached hydrogen (secondary N) is 1. The number of benzene rings is 1. The number of nitrogens with zero attached hydrogens (tertiary/aromatic N) is 2. The number of anilines is 1. The quantitative estimate of drug-likeness (QED) is 0.518. The van der Waals surface area contributed by atoms with Crippen molar-refractivity contribution in [2.75, 3.05) is 5.32 Å². The first-order chi connectivity index (χ1) is 6.70. The zero-order chi connectivity index (χ0) is 10.7. The summed E-state index contributed by atoms with van der Waals surface area (Å²) in [6.45, 7) is 0. The van der Waals surface area contributed by atoms with E-state index in [0.29, 0.717) is 10.7 Å². The van der Waals surface area contributed by atoms with E-state index in [1.165, 1.54) is 0 Å². The van der Waals surface area contributed by atoms with E-state index in [4.69, 9.17) is 22.4 Å². The van der Waals surface area contributed by atoms with E-state index < -0.39 is 11.7 Å². The highest BCUT2D eigenvalue weighted by Crippen LogP contribution is 2.29. The van der Waals surface area contributed by atoms with Crippen molar-refractivity contribution in [3.05, 3.63) is 28.8 Å². The van der Waals surface area contributed by atoms with Gasteiger partial charge in [-0.05, 0) is 12.1 Å². The summed E-state index contributed by atoms with van der Waals surface area (Å²) in [5, 5.41) is 14.7. The standard InChI is InChI=1S/C8H4ClNO2.N2/c9-4-2-1-3-5-6(4)7(11)8(12)10-5;1-2/h1-3H,(H,10,11,12);. The van der Waals surface area contributed by atoms with Crippen LogP contribution in [0.1, 0.15) is 10.4 Å². The van der Waals surface area contributed by atoms with Gasteiger partial charge in [0.05, 0.1) is 16.3 Å². The summed E-state index contributed by atoms with van der Waals surface area (Å²) in [6.07, 6.45) is 0. The van der Waals surface area contributed by atoms with Crippen molar-refractivity contribution in [3.63, 3.8) is 0 Å². The van der Waals surface area contributed by atoms with Crippen molar-refractivity contribution < 1.29 is 9.59 Å². The molecule has 1 aromatic rings. The zero-order valence-corrected chi connectivity index (χ0v) is 7.58. The number of rotatable bonds is 0. The lowest BCUT2D eigenvalue weighted by atomic mass is 10.1. The van der Waals surface area contributed by atoms with Crippen molar-refractivity contribution >= 4 is 29.0 Å². The van der Waals surface area contributed by atoms with Crippen LogP contribution in [0.15, 0.2) is 18.2 Å². The lowest BCUT2D eigenvalue weighted by Crippen LogP contribution is -2.12. The maximum Gasteiger partial charge on any atom is 0.296 e. The molecule has 5 nitrogen and oxygen atoms in total. The average Bonchev–Trinajstić information content (AvgIpc) is 2.47. The molecule has 1 aromatic carbocycles. The maximum absolute atomic E-state index is 11.1. The summed E-state index contributed by atoms with van der Waals surface area (Å²) in [7, 11) is 0. The van der Waals surface area contributed by atoms with Gasteiger partial charge in [0.15, 0.2) is 0 Å². The van der Waals surface area contributed by atoms with Crippen LogP contribution < -0.4 is 5.32 Å². The second-order valence-electron chi connectivity index (χ2n) is 2.45.